The Bertz CT molecular complexity index is 3650. The van der Waals surface area contributed by atoms with Gasteiger partial charge in [-0.05, 0) is 103 Å². The van der Waals surface area contributed by atoms with Gasteiger partial charge in [0.05, 0.1) is 10.8 Å². The first-order valence-corrected chi connectivity index (χ1v) is 23.6. The minimum atomic E-state index is -0.590. The molecule has 0 aliphatic heterocycles. The van der Waals surface area contributed by atoms with E-state index in [9.17, 15) is 0 Å². The van der Waals surface area contributed by atoms with E-state index in [-0.39, 0.29) is 0 Å². The molecule has 1 aromatic heterocycles. The first kappa shape index (κ1) is 38.5. The van der Waals surface area contributed by atoms with Crippen molar-refractivity contribution in [1.82, 2.24) is 0 Å². The highest BCUT2D eigenvalue weighted by atomic mass is 16.3. The van der Waals surface area contributed by atoms with Gasteiger partial charge in [0.25, 0.3) is 0 Å². The Morgan fingerprint density at radius 2 is 0.706 bits per heavy atom. The molecule has 0 amide bonds. The Morgan fingerprint density at radius 1 is 0.279 bits per heavy atom. The third kappa shape index (κ3) is 5.23. The molecule has 68 heavy (non-hydrogen) atoms. The van der Waals surface area contributed by atoms with Crippen LogP contribution in [0, 0.1) is 0 Å². The van der Waals surface area contributed by atoms with Crippen LogP contribution in [-0.4, -0.2) is 0 Å². The van der Waals surface area contributed by atoms with E-state index in [0.29, 0.717) is 0 Å². The lowest BCUT2D eigenvalue weighted by Gasteiger charge is -2.35. The molecule has 0 bridgehead atoms. The molecule has 0 radical (unpaired) electrons. The zero-order chi connectivity index (χ0) is 44.8. The lowest BCUT2D eigenvalue weighted by Crippen LogP contribution is -2.28. The molecule has 0 unspecified atom stereocenters. The van der Waals surface area contributed by atoms with Gasteiger partial charge in [0.1, 0.15) is 11.5 Å². The number of benzene rings is 10. The highest BCUT2D eigenvalue weighted by Crippen LogP contribution is 2.67. The molecule has 318 valence electrons. The second-order valence-corrected chi connectivity index (χ2v) is 18.2. The Balaban J connectivity index is 1.02. The number of furan rings is 1. The Hall–Kier alpha value is -8.72. The van der Waals surface area contributed by atoms with Crippen molar-refractivity contribution in [3.8, 4) is 56.0 Å². The van der Waals surface area contributed by atoms with Gasteiger partial charge in [-0.25, -0.2) is 0 Å². The van der Waals surface area contributed by atoms with E-state index >= 15 is 0 Å². The number of rotatable bonds is 7. The quantitative estimate of drug-likeness (QED) is 0.159. The first-order valence-electron chi connectivity index (χ1n) is 23.6. The van der Waals surface area contributed by atoms with Gasteiger partial charge in [-0.1, -0.05) is 224 Å². The summed E-state index contributed by atoms with van der Waals surface area (Å²) in [7, 11) is 0. The van der Waals surface area contributed by atoms with Gasteiger partial charge >= 0.3 is 0 Å². The predicted molar refractivity (Wildman–Crippen MR) is 278 cm³/mol. The lowest BCUT2D eigenvalue weighted by atomic mass is 9.67. The van der Waals surface area contributed by atoms with Gasteiger partial charge in [0.15, 0.2) is 0 Å². The summed E-state index contributed by atoms with van der Waals surface area (Å²) in [5.74, 6) is 1.77. The smallest absolute Gasteiger partial charge is 0.142 e. The number of fused-ring (bicyclic) bond motifs is 13. The van der Waals surface area contributed by atoms with Crippen molar-refractivity contribution < 1.29 is 4.42 Å². The molecule has 0 saturated heterocycles. The minimum Gasteiger partial charge on any atom is -0.455 e. The standard InChI is InChI=1S/C66H43NO/c1-5-22-44(23-6-1)63-61-55-35-16-20-39-59(55)66(57-37-18-14-32-51(57)52-33-15-19-38-58(52)66)62(61)64(68-63)45-24-21-31-49(42-45)67(48-29-11-4-12-30-48)50-40-41-54-53-34-13-17-36-56(53)65(60(54)43-50,46-25-7-2-8-26-46)47-27-9-3-10-28-47/h1-43H. The van der Waals surface area contributed by atoms with E-state index in [0.717, 1.165) is 45.3 Å². The van der Waals surface area contributed by atoms with Gasteiger partial charge < -0.3 is 9.32 Å². The van der Waals surface area contributed by atoms with E-state index in [1.54, 1.807) is 0 Å². The van der Waals surface area contributed by atoms with Crippen molar-refractivity contribution >= 4 is 17.1 Å². The Kier molecular flexibility index (Phi) is 8.45. The fourth-order valence-corrected chi connectivity index (χ4v) is 12.4. The van der Waals surface area contributed by atoms with Gasteiger partial charge in [0, 0.05) is 39.3 Å². The van der Waals surface area contributed by atoms with Crippen molar-refractivity contribution in [3.05, 3.63) is 305 Å². The van der Waals surface area contributed by atoms with Crippen LogP contribution < -0.4 is 4.90 Å². The maximum absolute atomic E-state index is 7.48. The van der Waals surface area contributed by atoms with Crippen LogP contribution in [0.15, 0.2) is 265 Å². The Labute approximate surface area is 396 Å². The molecule has 11 aromatic rings. The number of anilines is 3. The van der Waals surface area contributed by atoms with Crippen LogP contribution in [0.25, 0.3) is 56.0 Å². The fourth-order valence-electron chi connectivity index (χ4n) is 12.4. The van der Waals surface area contributed by atoms with Crippen molar-refractivity contribution in [2.45, 2.75) is 10.8 Å². The summed E-state index contributed by atoms with van der Waals surface area (Å²) < 4.78 is 7.48. The summed E-state index contributed by atoms with van der Waals surface area (Å²) in [5, 5.41) is 0. The van der Waals surface area contributed by atoms with Crippen molar-refractivity contribution in [3.63, 3.8) is 0 Å². The monoisotopic (exact) mass is 865 g/mol. The maximum atomic E-state index is 7.48. The molecule has 2 heteroatoms. The number of nitrogens with zero attached hydrogens (tertiary/aromatic N) is 1. The molecule has 0 fully saturated rings. The van der Waals surface area contributed by atoms with E-state index in [4.69, 9.17) is 4.42 Å². The molecule has 0 saturated carbocycles. The summed E-state index contributed by atoms with van der Waals surface area (Å²) >= 11 is 0. The van der Waals surface area contributed by atoms with Crippen molar-refractivity contribution in [1.29, 1.82) is 0 Å². The predicted octanol–water partition coefficient (Wildman–Crippen LogP) is 16.8. The molecule has 2 nitrogen and oxygen atoms in total. The molecule has 14 rings (SSSR count). The normalized spacial score (nSPS) is 13.8. The van der Waals surface area contributed by atoms with Crippen LogP contribution in [0.1, 0.15) is 44.5 Å². The van der Waals surface area contributed by atoms with Crippen LogP contribution >= 0.6 is 0 Å². The van der Waals surface area contributed by atoms with Gasteiger partial charge in [-0.2, -0.15) is 0 Å². The summed E-state index contributed by atoms with van der Waals surface area (Å²) in [5.41, 5.74) is 21.7. The highest BCUT2D eigenvalue weighted by Gasteiger charge is 2.55. The van der Waals surface area contributed by atoms with Crippen LogP contribution in [-0.2, 0) is 10.8 Å². The van der Waals surface area contributed by atoms with Gasteiger partial charge in [0.2, 0.25) is 0 Å². The average Bonchev–Trinajstić information content (AvgIpc) is 4.13. The first-order chi connectivity index (χ1) is 33.8. The van der Waals surface area contributed by atoms with Crippen LogP contribution in [0.5, 0.6) is 0 Å². The third-order valence-corrected chi connectivity index (χ3v) is 15.0. The lowest BCUT2D eigenvalue weighted by molar-refractivity contribution is 0.588. The highest BCUT2D eigenvalue weighted by molar-refractivity contribution is 6.02. The zero-order valence-corrected chi connectivity index (χ0v) is 37.2. The SMILES string of the molecule is c1ccc(-c2oc(-c3cccc(N(c4ccccc4)c4ccc5c(c4)C(c4ccccc4)(c4ccccc4)c4ccccc4-5)c3)c3c2-c2ccccc2C32c3ccccc3-c3ccccc32)cc1. The topological polar surface area (TPSA) is 16.4 Å². The van der Waals surface area contributed by atoms with Crippen molar-refractivity contribution in [2.24, 2.45) is 0 Å². The molecule has 3 aliphatic carbocycles. The molecule has 1 spiro atoms. The van der Waals surface area contributed by atoms with Gasteiger partial charge in [-0.3, -0.25) is 0 Å². The summed E-state index contributed by atoms with van der Waals surface area (Å²) in [6.45, 7) is 0. The van der Waals surface area contributed by atoms with E-state index in [1.165, 1.54) is 72.3 Å². The largest absolute Gasteiger partial charge is 0.455 e. The number of hydrogen-bond donors (Lipinski definition) is 0. The van der Waals surface area contributed by atoms with E-state index in [2.05, 4.69) is 266 Å². The third-order valence-electron chi connectivity index (χ3n) is 15.0. The maximum Gasteiger partial charge on any atom is 0.142 e. The molecule has 10 aromatic carbocycles. The zero-order valence-electron chi connectivity index (χ0n) is 37.2. The average molecular weight is 866 g/mol. The molecular formula is C66H43NO. The fraction of sp³-hybridized carbons (Fsp3) is 0.0303. The van der Waals surface area contributed by atoms with E-state index < -0.39 is 10.8 Å². The summed E-state index contributed by atoms with van der Waals surface area (Å²) in [6.07, 6.45) is 0. The second-order valence-electron chi connectivity index (χ2n) is 18.2. The number of hydrogen-bond acceptors (Lipinski definition) is 2. The van der Waals surface area contributed by atoms with E-state index in [1.807, 2.05) is 0 Å². The summed E-state index contributed by atoms with van der Waals surface area (Å²) in [4.78, 5) is 2.42. The molecule has 1 heterocycles. The van der Waals surface area contributed by atoms with Crippen LogP contribution in [0.3, 0.4) is 0 Å². The molecular weight excluding hydrogens is 823 g/mol. The second kappa shape index (κ2) is 14.9. The molecule has 0 atom stereocenters. The number of para-hydroxylation sites is 1. The molecule has 3 aliphatic rings. The van der Waals surface area contributed by atoms with Crippen molar-refractivity contribution in [2.75, 3.05) is 4.90 Å². The van der Waals surface area contributed by atoms with Gasteiger partial charge in [-0.15, -0.1) is 0 Å². The Morgan fingerprint density at radius 3 is 1.29 bits per heavy atom. The summed E-state index contributed by atoms with van der Waals surface area (Å²) in [6, 6.07) is 95.6. The minimum absolute atomic E-state index is 0.533. The van der Waals surface area contributed by atoms with Crippen LogP contribution in [0.4, 0.5) is 17.1 Å². The van der Waals surface area contributed by atoms with Crippen LogP contribution in [0.2, 0.25) is 0 Å². The molecule has 0 N–H and O–H groups in total.